The first-order valence-electron chi connectivity index (χ1n) is 4.37. The molecule has 2 aromatic rings. The smallest absolute Gasteiger partial charge is 0.264 e. The third-order valence-corrected chi connectivity index (χ3v) is 1.88. The number of hydrogen-bond acceptors (Lipinski definition) is 3. The maximum atomic E-state index is 12.4. The Morgan fingerprint density at radius 1 is 1.00 bits per heavy atom. The van der Waals surface area contributed by atoms with Gasteiger partial charge in [0.2, 0.25) is 0 Å². The van der Waals surface area contributed by atoms with Crippen LogP contribution in [0.15, 0.2) is 36.9 Å². The van der Waals surface area contributed by atoms with Gasteiger partial charge in [-0.05, 0) is 12.1 Å². The fraction of sp³-hybridized carbons (Fsp3) is 0.100. The SMILES string of the molecule is FC(F)(F)c1cncc(-c2cccnc2)n1. The van der Waals surface area contributed by atoms with Crippen LogP contribution in [-0.2, 0) is 6.18 Å². The summed E-state index contributed by atoms with van der Waals surface area (Å²) >= 11 is 0. The van der Waals surface area contributed by atoms with Crippen LogP contribution in [0.1, 0.15) is 5.69 Å². The van der Waals surface area contributed by atoms with E-state index in [2.05, 4.69) is 15.0 Å². The van der Waals surface area contributed by atoms with Gasteiger partial charge in [0, 0.05) is 18.0 Å². The zero-order valence-corrected chi connectivity index (χ0v) is 7.94. The van der Waals surface area contributed by atoms with Gasteiger partial charge in [0.25, 0.3) is 0 Å². The van der Waals surface area contributed by atoms with Gasteiger partial charge < -0.3 is 0 Å². The first-order chi connectivity index (χ1) is 7.57. The van der Waals surface area contributed by atoms with Gasteiger partial charge in [0.05, 0.1) is 18.1 Å². The molecule has 0 saturated carbocycles. The highest BCUT2D eigenvalue weighted by Gasteiger charge is 2.33. The van der Waals surface area contributed by atoms with Crippen molar-refractivity contribution in [2.75, 3.05) is 0 Å². The minimum absolute atomic E-state index is 0.155. The van der Waals surface area contributed by atoms with E-state index in [9.17, 15) is 13.2 Å². The molecule has 0 aromatic carbocycles. The van der Waals surface area contributed by atoms with Crippen LogP contribution >= 0.6 is 0 Å². The molecule has 2 rings (SSSR count). The van der Waals surface area contributed by atoms with Gasteiger partial charge in [-0.2, -0.15) is 13.2 Å². The van der Waals surface area contributed by atoms with Crippen molar-refractivity contribution in [2.24, 2.45) is 0 Å². The average molecular weight is 225 g/mol. The molecule has 2 aromatic heterocycles. The van der Waals surface area contributed by atoms with Crippen LogP contribution in [-0.4, -0.2) is 15.0 Å². The molecule has 0 aliphatic rings. The number of hydrogen-bond donors (Lipinski definition) is 0. The zero-order valence-electron chi connectivity index (χ0n) is 7.94. The van der Waals surface area contributed by atoms with Crippen molar-refractivity contribution in [1.29, 1.82) is 0 Å². The topological polar surface area (TPSA) is 38.7 Å². The normalized spacial score (nSPS) is 11.4. The lowest BCUT2D eigenvalue weighted by molar-refractivity contribution is -0.141. The summed E-state index contributed by atoms with van der Waals surface area (Å²) in [5.74, 6) is 0. The molecule has 3 nitrogen and oxygen atoms in total. The van der Waals surface area contributed by atoms with Gasteiger partial charge in [-0.25, -0.2) is 4.98 Å². The summed E-state index contributed by atoms with van der Waals surface area (Å²) in [5, 5.41) is 0. The van der Waals surface area contributed by atoms with Crippen molar-refractivity contribution in [1.82, 2.24) is 15.0 Å². The Bertz CT molecular complexity index is 482. The van der Waals surface area contributed by atoms with Gasteiger partial charge in [-0.1, -0.05) is 0 Å². The second kappa shape index (κ2) is 3.88. The molecule has 0 unspecified atom stereocenters. The number of rotatable bonds is 1. The van der Waals surface area contributed by atoms with Gasteiger partial charge in [-0.3, -0.25) is 9.97 Å². The summed E-state index contributed by atoms with van der Waals surface area (Å²) in [6.07, 6.45) is 0.450. The van der Waals surface area contributed by atoms with Crippen LogP contribution in [0.4, 0.5) is 13.2 Å². The predicted molar refractivity (Wildman–Crippen MR) is 50.3 cm³/mol. The average Bonchev–Trinajstić information content (AvgIpc) is 2.29. The molecular weight excluding hydrogens is 219 g/mol. The summed E-state index contributed by atoms with van der Waals surface area (Å²) in [4.78, 5) is 10.8. The molecule has 0 radical (unpaired) electrons. The van der Waals surface area contributed by atoms with Crippen molar-refractivity contribution < 1.29 is 13.2 Å². The van der Waals surface area contributed by atoms with Crippen LogP contribution in [0.25, 0.3) is 11.3 Å². The molecule has 0 spiro atoms. The van der Waals surface area contributed by atoms with Crippen molar-refractivity contribution in [3.05, 3.63) is 42.6 Å². The number of aromatic nitrogens is 3. The molecule has 0 aliphatic carbocycles. The van der Waals surface area contributed by atoms with E-state index < -0.39 is 11.9 Å². The number of nitrogens with zero attached hydrogens (tertiary/aromatic N) is 3. The minimum Gasteiger partial charge on any atom is -0.264 e. The number of halogens is 3. The van der Waals surface area contributed by atoms with Crippen molar-refractivity contribution >= 4 is 0 Å². The largest absolute Gasteiger partial charge is 0.434 e. The van der Waals surface area contributed by atoms with Crippen molar-refractivity contribution in [3.8, 4) is 11.3 Å². The molecule has 0 aliphatic heterocycles. The Hall–Kier alpha value is -1.98. The molecule has 6 heteroatoms. The molecule has 2 heterocycles. The summed E-state index contributed by atoms with van der Waals surface area (Å²) in [6.45, 7) is 0. The second-order valence-electron chi connectivity index (χ2n) is 3.03. The van der Waals surface area contributed by atoms with Gasteiger partial charge in [0.1, 0.15) is 0 Å². The molecule has 0 atom stereocenters. The fourth-order valence-corrected chi connectivity index (χ4v) is 1.16. The second-order valence-corrected chi connectivity index (χ2v) is 3.03. The highest BCUT2D eigenvalue weighted by molar-refractivity contribution is 5.56. The molecule has 82 valence electrons. The Kier molecular flexibility index (Phi) is 2.55. The lowest BCUT2D eigenvalue weighted by atomic mass is 10.2. The van der Waals surface area contributed by atoms with Crippen LogP contribution in [0.2, 0.25) is 0 Å². The minimum atomic E-state index is -4.48. The molecule has 0 N–H and O–H groups in total. The Balaban J connectivity index is 2.45. The maximum Gasteiger partial charge on any atom is 0.434 e. The highest BCUT2D eigenvalue weighted by atomic mass is 19.4. The van der Waals surface area contributed by atoms with Gasteiger partial charge in [-0.15, -0.1) is 0 Å². The molecule has 0 fully saturated rings. The van der Waals surface area contributed by atoms with E-state index in [1.165, 1.54) is 18.6 Å². The Labute approximate surface area is 89.0 Å². The summed E-state index contributed by atoms with van der Waals surface area (Å²) in [5.41, 5.74) is -0.349. The lowest BCUT2D eigenvalue weighted by Crippen LogP contribution is -2.08. The quantitative estimate of drug-likeness (QED) is 0.748. The molecule has 0 bridgehead atoms. The summed E-state index contributed by atoms with van der Waals surface area (Å²) < 4.78 is 37.1. The van der Waals surface area contributed by atoms with Crippen molar-refractivity contribution in [2.45, 2.75) is 6.18 Å². The van der Waals surface area contributed by atoms with E-state index in [0.29, 0.717) is 11.8 Å². The molecule has 16 heavy (non-hydrogen) atoms. The summed E-state index contributed by atoms with van der Waals surface area (Å²) in [6, 6.07) is 3.24. The Morgan fingerprint density at radius 3 is 2.44 bits per heavy atom. The van der Waals surface area contributed by atoms with Crippen LogP contribution < -0.4 is 0 Å². The first kappa shape index (κ1) is 10.5. The highest BCUT2D eigenvalue weighted by Crippen LogP contribution is 2.28. The van der Waals surface area contributed by atoms with Crippen LogP contribution in [0, 0.1) is 0 Å². The van der Waals surface area contributed by atoms with Gasteiger partial charge in [0.15, 0.2) is 5.69 Å². The Morgan fingerprint density at radius 2 is 1.81 bits per heavy atom. The third kappa shape index (κ3) is 2.16. The molecule has 0 saturated heterocycles. The zero-order chi connectivity index (χ0) is 11.6. The van der Waals surface area contributed by atoms with Crippen LogP contribution in [0.3, 0.4) is 0 Å². The monoisotopic (exact) mass is 225 g/mol. The van der Waals surface area contributed by atoms with Crippen molar-refractivity contribution in [3.63, 3.8) is 0 Å². The van der Waals surface area contributed by atoms with E-state index in [0.717, 1.165) is 0 Å². The number of alkyl halides is 3. The fourth-order valence-electron chi connectivity index (χ4n) is 1.16. The standard InChI is InChI=1S/C10H6F3N3/c11-10(12,13)9-6-15-5-8(16-9)7-2-1-3-14-4-7/h1-6H. The molecule has 0 amide bonds. The number of pyridine rings is 1. The van der Waals surface area contributed by atoms with E-state index in [-0.39, 0.29) is 5.69 Å². The van der Waals surface area contributed by atoms with Gasteiger partial charge >= 0.3 is 6.18 Å². The molecular formula is C10H6F3N3. The lowest BCUT2D eigenvalue weighted by Gasteiger charge is -2.06. The van der Waals surface area contributed by atoms with E-state index in [1.54, 1.807) is 12.1 Å². The third-order valence-electron chi connectivity index (χ3n) is 1.88. The van der Waals surface area contributed by atoms with E-state index >= 15 is 0 Å². The maximum absolute atomic E-state index is 12.4. The predicted octanol–water partition coefficient (Wildman–Crippen LogP) is 2.56. The van der Waals surface area contributed by atoms with E-state index in [1.807, 2.05) is 0 Å². The first-order valence-corrected chi connectivity index (χ1v) is 4.37. The van der Waals surface area contributed by atoms with E-state index in [4.69, 9.17) is 0 Å². The summed E-state index contributed by atoms with van der Waals surface area (Å²) in [7, 11) is 0. The van der Waals surface area contributed by atoms with Crippen LogP contribution in [0.5, 0.6) is 0 Å².